The van der Waals surface area contributed by atoms with Crippen LogP contribution in [0.2, 0.25) is 0 Å². The number of aliphatic hydroxyl groups excluding tert-OH is 2. The third kappa shape index (κ3) is 5.30. The van der Waals surface area contributed by atoms with Gasteiger partial charge in [0.1, 0.15) is 12.3 Å². The van der Waals surface area contributed by atoms with Crippen LogP contribution in [0.4, 0.5) is 5.69 Å². The number of aromatic nitrogens is 2. The van der Waals surface area contributed by atoms with E-state index in [4.69, 9.17) is 9.47 Å². The van der Waals surface area contributed by atoms with Crippen LogP contribution < -0.4 is 10.4 Å². The zero-order valence-corrected chi connectivity index (χ0v) is 20.3. The molecule has 10 heteroatoms. The summed E-state index contributed by atoms with van der Waals surface area (Å²) in [5.74, 6) is -0.240. The molecule has 2 heterocycles. The van der Waals surface area contributed by atoms with Gasteiger partial charge < -0.3 is 19.7 Å². The van der Waals surface area contributed by atoms with Crippen LogP contribution in [0.1, 0.15) is 42.2 Å². The van der Waals surface area contributed by atoms with E-state index in [1.807, 2.05) is 38.1 Å². The monoisotopic (exact) mass is 495 g/mol. The summed E-state index contributed by atoms with van der Waals surface area (Å²) < 4.78 is 12.6. The summed E-state index contributed by atoms with van der Waals surface area (Å²) in [6, 6.07) is 13.0. The van der Waals surface area contributed by atoms with Gasteiger partial charge in [0.25, 0.3) is 5.69 Å². The molecule has 1 saturated heterocycles. The molecule has 1 aromatic heterocycles. The predicted octanol–water partition coefficient (Wildman–Crippen LogP) is 3.26. The number of aryl methyl sites for hydroxylation is 2. The SMILES string of the molecule is Cc1ccc(-c2ccc([N+](=O)[O-])c(C(C)COc3nc(=O)n([C@H]4C[C@H](O)[C@@H](CO)O4)cc3C)c2)cc1. The van der Waals surface area contributed by atoms with Crippen molar-refractivity contribution >= 4 is 5.69 Å². The molecule has 1 aliphatic heterocycles. The average Bonchev–Trinajstić information content (AvgIpc) is 3.24. The molecule has 0 saturated carbocycles. The van der Waals surface area contributed by atoms with Gasteiger partial charge in [-0.15, -0.1) is 0 Å². The molecule has 1 fully saturated rings. The summed E-state index contributed by atoms with van der Waals surface area (Å²) in [5, 5.41) is 30.9. The first kappa shape index (κ1) is 25.5. The maximum Gasteiger partial charge on any atom is 0.352 e. The standard InChI is InChI=1S/C26H29N3O7/c1-15-4-6-18(7-5-15)19-8-9-21(29(33)34)20(10-19)17(3)14-35-25-16(2)12-28(26(32)27-25)24-11-22(31)23(13-30)36-24/h4-10,12,17,22-24,30-31H,11,13-14H2,1-3H3/t17?,22-,23+,24+/m0/s1. The lowest BCUT2D eigenvalue weighted by Crippen LogP contribution is -2.28. The molecular formula is C26H29N3O7. The van der Waals surface area contributed by atoms with Crippen molar-refractivity contribution in [3.8, 4) is 17.0 Å². The van der Waals surface area contributed by atoms with Gasteiger partial charge in [0.15, 0.2) is 0 Å². The van der Waals surface area contributed by atoms with Crippen LogP contribution >= 0.6 is 0 Å². The minimum atomic E-state index is -0.879. The minimum Gasteiger partial charge on any atom is -0.477 e. The van der Waals surface area contributed by atoms with E-state index in [1.54, 1.807) is 19.1 Å². The molecule has 0 radical (unpaired) electrons. The van der Waals surface area contributed by atoms with E-state index in [0.29, 0.717) is 11.1 Å². The highest BCUT2D eigenvalue weighted by atomic mass is 16.6. The molecular weight excluding hydrogens is 466 g/mol. The second-order valence-corrected chi connectivity index (χ2v) is 9.14. The summed E-state index contributed by atoms with van der Waals surface area (Å²) >= 11 is 0. The van der Waals surface area contributed by atoms with Crippen LogP contribution in [0.15, 0.2) is 53.5 Å². The lowest BCUT2D eigenvalue weighted by atomic mass is 9.94. The molecule has 4 atom stereocenters. The highest BCUT2D eigenvalue weighted by molar-refractivity contribution is 5.67. The van der Waals surface area contributed by atoms with Gasteiger partial charge in [-0.3, -0.25) is 14.7 Å². The van der Waals surface area contributed by atoms with Crippen LogP contribution in [-0.4, -0.2) is 50.1 Å². The lowest BCUT2D eigenvalue weighted by Gasteiger charge is -2.18. The van der Waals surface area contributed by atoms with Crippen molar-refractivity contribution in [2.45, 2.75) is 51.5 Å². The fourth-order valence-electron chi connectivity index (χ4n) is 4.29. The van der Waals surface area contributed by atoms with Crippen molar-refractivity contribution in [2.75, 3.05) is 13.2 Å². The molecule has 0 bridgehead atoms. The van der Waals surface area contributed by atoms with Crippen molar-refractivity contribution in [3.05, 3.63) is 86.0 Å². The summed E-state index contributed by atoms with van der Waals surface area (Å²) in [6.07, 6.45) is -0.686. The van der Waals surface area contributed by atoms with Crippen molar-refractivity contribution in [1.29, 1.82) is 0 Å². The molecule has 10 nitrogen and oxygen atoms in total. The summed E-state index contributed by atoms with van der Waals surface area (Å²) in [5.41, 5.74) is 3.40. The Bertz CT molecular complexity index is 1310. The van der Waals surface area contributed by atoms with Crippen LogP contribution in [0.3, 0.4) is 0 Å². The zero-order chi connectivity index (χ0) is 26.0. The lowest BCUT2D eigenvalue weighted by molar-refractivity contribution is -0.385. The van der Waals surface area contributed by atoms with Gasteiger partial charge in [-0.25, -0.2) is 4.79 Å². The van der Waals surface area contributed by atoms with Crippen molar-refractivity contribution in [3.63, 3.8) is 0 Å². The van der Waals surface area contributed by atoms with Gasteiger partial charge in [0.05, 0.1) is 24.2 Å². The van der Waals surface area contributed by atoms with E-state index in [1.165, 1.54) is 16.8 Å². The fraction of sp³-hybridized carbons (Fsp3) is 0.385. The largest absolute Gasteiger partial charge is 0.477 e. The highest BCUT2D eigenvalue weighted by Gasteiger charge is 2.35. The average molecular weight is 496 g/mol. The maximum atomic E-state index is 12.6. The van der Waals surface area contributed by atoms with Gasteiger partial charge in [-0.2, -0.15) is 4.98 Å². The van der Waals surface area contributed by atoms with E-state index in [-0.39, 0.29) is 37.1 Å². The Morgan fingerprint density at radius 1 is 1.22 bits per heavy atom. The molecule has 0 spiro atoms. The Balaban J connectivity index is 1.54. The maximum absolute atomic E-state index is 12.6. The Labute approximate surface area is 207 Å². The molecule has 36 heavy (non-hydrogen) atoms. The summed E-state index contributed by atoms with van der Waals surface area (Å²) in [4.78, 5) is 27.9. The van der Waals surface area contributed by atoms with Crippen LogP contribution in [-0.2, 0) is 4.74 Å². The van der Waals surface area contributed by atoms with Gasteiger partial charge in [-0.05, 0) is 37.1 Å². The number of nitrogens with zero attached hydrogens (tertiary/aromatic N) is 3. The Morgan fingerprint density at radius 2 is 1.92 bits per heavy atom. The predicted molar refractivity (Wildman–Crippen MR) is 132 cm³/mol. The number of rotatable bonds is 8. The first-order valence-electron chi connectivity index (χ1n) is 11.7. The first-order valence-corrected chi connectivity index (χ1v) is 11.7. The number of nitro benzene ring substituents is 1. The van der Waals surface area contributed by atoms with Crippen molar-refractivity contribution in [2.24, 2.45) is 0 Å². The number of hydrogen-bond acceptors (Lipinski definition) is 8. The molecule has 1 unspecified atom stereocenters. The van der Waals surface area contributed by atoms with E-state index < -0.39 is 29.0 Å². The fourth-order valence-corrected chi connectivity index (χ4v) is 4.29. The van der Waals surface area contributed by atoms with Crippen molar-refractivity contribution < 1.29 is 24.6 Å². The molecule has 2 aromatic carbocycles. The second-order valence-electron chi connectivity index (χ2n) is 9.14. The molecule has 1 aliphatic rings. The summed E-state index contributed by atoms with van der Waals surface area (Å²) in [7, 11) is 0. The second kappa shape index (κ2) is 10.6. The number of ether oxygens (including phenoxy) is 2. The van der Waals surface area contributed by atoms with E-state index in [2.05, 4.69) is 4.98 Å². The Hall–Kier alpha value is -3.60. The number of benzene rings is 2. The third-order valence-corrected chi connectivity index (χ3v) is 6.39. The third-order valence-electron chi connectivity index (χ3n) is 6.39. The molecule has 0 aliphatic carbocycles. The first-order chi connectivity index (χ1) is 17.2. The van der Waals surface area contributed by atoms with Crippen LogP contribution in [0.5, 0.6) is 5.88 Å². The minimum absolute atomic E-state index is 0.00237. The van der Waals surface area contributed by atoms with Crippen LogP contribution in [0.25, 0.3) is 11.1 Å². The van der Waals surface area contributed by atoms with Gasteiger partial charge in [0.2, 0.25) is 5.88 Å². The van der Waals surface area contributed by atoms with Gasteiger partial charge in [-0.1, -0.05) is 36.8 Å². The topological polar surface area (TPSA) is 137 Å². The molecule has 4 rings (SSSR count). The van der Waals surface area contributed by atoms with E-state index in [0.717, 1.165) is 16.7 Å². The van der Waals surface area contributed by atoms with Crippen molar-refractivity contribution in [1.82, 2.24) is 9.55 Å². The normalized spacial score (nSPS) is 20.3. The molecule has 2 N–H and O–H groups in total. The van der Waals surface area contributed by atoms with Gasteiger partial charge in [0, 0.05) is 35.7 Å². The zero-order valence-electron chi connectivity index (χ0n) is 20.3. The quantitative estimate of drug-likeness (QED) is 0.359. The number of nitro groups is 1. The number of aliphatic hydroxyl groups is 2. The molecule has 190 valence electrons. The Kier molecular flexibility index (Phi) is 7.48. The number of hydrogen-bond donors (Lipinski definition) is 2. The van der Waals surface area contributed by atoms with Gasteiger partial charge >= 0.3 is 5.69 Å². The smallest absolute Gasteiger partial charge is 0.352 e. The highest BCUT2D eigenvalue weighted by Crippen LogP contribution is 2.33. The van der Waals surface area contributed by atoms with E-state index >= 15 is 0 Å². The molecule has 3 aromatic rings. The summed E-state index contributed by atoms with van der Waals surface area (Å²) in [6.45, 7) is 5.25. The van der Waals surface area contributed by atoms with E-state index in [9.17, 15) is 25.1 Å². The van der Waals surface area contributed by atoms with Crippen LogP contribution in [0, 0.1) is 24.0 Å². The molecule has 0 amide bonds. The Morgan fingerprint density at radius 3 is 2.56 bits per heavy atom.